The Morgan fingerprint density at radius 2 is 1.68 bits per heavy atom. The Balaban J connectivity index is 1.76. The van der Waals surface area contributed by atoms with Gasteiger partial charge in [0.2, 0.25) is 0 Å². The van der Waals surface area contributed by atoms with Crippen LogP contribution in [-0.2, 0) is 16.1 Å². The van der Waals surface area contributed by atoms with Crippen LogP contribution in [0.15, 0.2) is 54.6 Å². The molecule has 1 fully saturated rings. The van der Waals surface area contributed by atoms with Crippen molar-refractivity contribution in [1.82, 2.24) is 10.6 Å². The molecule has 0 heterocycles. The highest BCUT2D eigenvalue weighted by atomic mass is 19.1. The number of amides is 2. The van der Waals surface area contributed by atoms with E-state index in [0.29, 0.717) is 25.1 Å². The fourth-order valence-corrected chi connectivity index (χ4v) is 4.39. The average Bonchev–Trinajstić information content (AvgIpc) is 2.79. The zero-order chi connectivity index (χ0) is 24.8. The molecular formula is C27H36FN3O3. The first-order chi connectivity index (χ1) is 16.1. The predicted molar refractivity (Wildman–Crippen MR) is 132 cm³/mol. The molecule has 0 radical (unpaired) electrons. The number of carbonyl (C=O) groups excluding carboxylic acids is 2. The molecule has 2 N–H and O–H groups in total. The van der Waals surface area contributed by atoms with Crippen LogP contribution in [-0.4, -0.2) is 35.7 Å². The summed E-state index contributed by atoms with van der Waals surface area (Å²) in [5.41, 5.74) is 0.0429. The van der Waals surface area contributed by atoms with Gasteiger partial charge >= 0.3 is 6.09 Å². The van der Waals surface area contributed by atoms with E-state index in [-0.39, 0.29) is 17.8 Å². The number of nitrogens with one attached hydrogen (secondary N) is 2. The van der Waals surface area contributed by atoms with Crippen molar-refractivity contribution in [2.24, 2.45) is 0 Å². The summed E-state index contributed by atoms with van der Waals surface area (Å²) >= 11 is 0. The summed E-state index contributed by atoms with van der Waals surface area (Å²) < 4.78 is 19.0. The maximum Gasteiger partial charge on any atom is 0.408 e. The Kier molecular flexibility index (Phi) is 8.31. The molecule has 0 aliphatic heterocycles. The van der Waals surface area contributed by atoms with Gasteiger partial charge in [0.1, 0.15) is 17.0 Å². The molecule has 1 aliphatic rings. The van der Waals surface area contributed by atoms with Crippen LogP contribution >= 0.6 is 0 Å². The molecule has 3 rings (SSSR count). The third-order valence-corrected chi connectivity index (χ3v) is 6.13. The lowest BCUT2D eigenvalue weighted by atomic mass is 9.78. The molecule has 34 heavy (non-hydrogen) atoms. The largest absolute Gasteiger partial charge is 0.444 e. The van der Waals surface area contributed by atoms with Gasteiger partial charge in [-0.15, -0.1) is 0 Å². The molecule has 0 spiro atoms. The second kappa shape index (κ2) is 11.0. The summed E-state index contributed by atoms with van der Waals surface area (Å²) in [4.78, 5) is 28.2. The van der Waals surface area contributed by atoms with Crippen LogP contribution in [0.2, 0.25) is 0 Å². The van der Waals surface area contributed by atoms with E-state index < -0.39 is 17.2 Å². The lowest BCUT2D eigenvalue weighted by molar-refractivity contribution is -0.126. The van der Waals surface area contributed by atoms with Crippen LogP contribution in [0.4, 0.5) is 14.9 Å². The molecule has 0 unspecified atom stereocenters. The second-order valence-electron chi connectivity index (χ2n) is 9.88. The number of halogens is 1. The van der Waals surface area contributed by atoms with Crippen molar-refractivity contribution in [3.63, 3.8) is 0 Å². The van der Waals surface area contributed by atoms with Crippen molar-refractivity contribution >= 4 is 17.7 Å². The number of carbonyl (C=O) groups is 2. The minimum atomic E-state index is -1.09. The van der Waals surface area contributed by atoms with Gasteiger partial charge in [0, 0.05) is 24.8 Å². The number of hydrogen-bond donors (Lipinski definition) is 2. The summed E-state index contributed by atoms with van der Waals surface area (Å²) in [5, 5.41) is 6.50. The van der Waals surface area contributed by atoms with Crippen LogP contribution in [0.25, 0.3) is 0 Å². The van der Waals surface area contributed by atoms with E-state index in [1.54, 1.807) is 37.8 Å². The van der Waals surface area contributed by atoms with Crippen LogP contribution < -0.4 is 15.5 Å². The summed E-state index contributed by atoms with van der Waals surface area (Å²) in [6.07, 6.45) is 1.82. The molecule has 184 valence electrons. The van der Waals surface area contributed by atoms with Crippen LogP contribution in [0, 0.1) is 5.82 Å². The molecule has 7 heteroatoms. The molecule has 2 aromatic carbocycles. The van der Waals surface area contributed by atoms with Crippen molar-refractivity contribution in [1.29, 1.82) is 0 Å². The van der Waals surface area contributed by atoms with Crippen molar-refractivity contribution in [2.45, 2.75) is 77.1 Å². The molecule has 0 bridgehead atoms. The summed E-state index contributed by atoms with van der Waals surface area (Å²) in [7, 11) is 0. The van der Waals surface area contributed by atoms with E-state index in [0.717, 1.165) is 19.4 Å². The minimum Gasteiger partial charge on any atom is -0.444 e. The number of ether oxygens (including phenoxy) is 1. The van der Waals surface area contributed by atoms with Gasteiger partial charge in [-0.2, -0.15) is 0 Å². The summed E-state index contributed by atoms with van der Waals surface area (Å²) in [6.45, 7) is 8.41. The van der Waals surface area contributed by atoms with Gasteiger partial charge < -0.3 is 20.3 Å². The maximum absolute atomic E-state index is 13.9. The Morgan fingerprint density at radius 3 is 2.24 bits per heavy atom. The van der Waals surface area contributed by atoms with E-state index in [1.807, 2.05) is 25.1 Å². The Morgan fingerprint density at radius 1 is 1.06 bits per heavy atom. The van der Waals surface area contributed by atoms with Gasteiger partial charge in [-0.3, -0.25) is 4.79 Å². The van der Waals surface area contributed by atoms with Crippen molar-refractivity contribution < 1.29 is 18.7 Å². The van der Waals surface area contributed by atoms with Gasteiger partial charge in [0.15, 0.2) is 0 Å². The van der Waals surface area contributed by atoms with E-state index in [9.17, 15) is 14.0 Å². The number of rotatable bonds is 7. The first-order valence-electron chi connectivity index (χ1n) is 12.0. The van der Waals surface area contributed by atoms with Crippen LogP contribution in [0.5, 0.6) is 0 Å². The standard InChI is InChI=1S/C27H36FN3O3/c1-5-31(23-13-11-21(28)12-14-23)24(32)27(30-25(33)34-26(2,3)4)17-15-22(16-18-27)29-19-20-9-7-6-8-10-20/h6-14,22,29H,5,15-19H2,1-4H3,(H,30,33). The van der Waals surface area contributed by atoms with Crippen molar-refractivity contribution in [3.05, 3.63) is 66.0 Å². The monoisotopic (exact) mass is 469 g/mol. The molecule has 0 saturated heterocycles. The number of hydrogen-bond acceptors (Lipinski definition) is 4. The van der Waals surface area contributed by atoms with E-state index in [1.165, 1.54) is 17.7 Å². The molecular weight excluding hydrogens is 433 g/mol. The summed E-state index contributed by atoms with van der Waals surface area (Å²) in [6, 6.07) is 16.3. The van der Waals surface area contributed by atoms with E-state index in [2.05, 4.69) is 22.8 Å². The third kappa shape index (κ3) is 6.79. The topological polar surface area (TPSA) is 70.7 Å². The Bertz CT molecular complexity index is 949. The number of benzene rings is 2. The minimum absolute atomic E-state index is 0.200. The smallest absolute Gasteiger partial charge is 0.408 e. The SMILES string of the molecule is CCN(C(=O)C1(NC(=O)OC(C)(C)C)CCC(NCc2ccccc2)CC1)c1ccc(F)cc1. The van der Waals surface area contributed by atoms with Gasteiger partial charge in [-0.25, -0.2) is 9.18 Å². The Labute approximate surface area is 201 Å². The number of anilines is 1. The summed E-state index contributed by atoms with van der Waals surface area (Å²) in [5.74, 6) is -0.562. The molecule has 1 aliphatic carbocycles. The fourth-order valence-electron chi connectivity index (χ4n) is 4.39. The van der Waals surface area contributed by atoms with Crippen LogP contribution in [0.3, 0.4) is 0 Å². The average molecular weight is 470 g/mol. The van der Waals surface area contributed by atoms with E-state index in [4.69, 9.17) is 4.74 Å². The molecule has 1 saturated carbocycles. The highest BCUT2D eigenvalue weighted by molar-refractivity contribution is 6.02. The lowest BCUT2D eigenvalue weighted by Crippen LogP contribution is -2.62. The number of alkyl carbamates (subject to hydrolysis) is 1. The van der Waals surface area contributed by atoms with E-state index >= 15 is 0 Å². The van der Waals surface area contributed by atoms with Gasteiger partial charge in [0.25, 0.3) is 5.91 Å². The quantitative estimate of drug-likeness (QED) is 0.587. The lowest BCUT2D eigenvalue weighted by Gasteiger charge is -2.42. The molecule has 6 nitrogen and oxygen atoms in total. The van der Waals surface area contributed by atoms with Gasteiger partial charge in [-0.05, 0) is 83.2 Å². The first-order valence-corrected chi connectivity index (χ1v) is 12.0. The molecule has 2 aromatic rings. The highest BCUT2D eigenvalue weighted by Gasteiger charge is 2.46. The number of likely N-dealkylation sites (N-methyl/N-ethyl adjacent to an activating group) is 1. The van der Waals surface area contributed by atoms with Crippen LogP contribution in [0.1, 0.15) is 58.9 Å². The highest BCUT2D eigenvalue weighted by Crippen LogP contribution is 2.33. The second-order valence-corrected chi connectivity index (χ2v) is 9.88. The molecule has 2 amide bonds. The van der Waals surface area contributed by atoms with Crippen molar-refractivity contribution in [2.75, 3.05) is 11.4 Å². The fraction of sp³-hybridized carbons (Fsp3) is 0.481. The maximum atomic E-state index is 13.9. The Hall–Kier alpha value is -2.93. The molecule has 0 aromatic heterocycles. The number of nitrogens with zero attached hydrogens (tertiary/aromatic N) is 1. The zero-order valence-corrected chi connectivity index (χ0v) is 20.6. The predicted octanol–water partition coefficient (Wildman–Crippen LogP) is 5.17. The first kappa shape index (κ1) is 25.7. The van der Waals surface area contributed by atoms with Gasteiger partial charge in [-0.1, -0.05) is 30.3 Å². The molecule has 0 atom stereocenters. The normalized spacial score (nSPS) is 20.4. The van der Waals surface area contributed by atoms with Gasteiger partial charge in [0.05, 0.1) is 0 Å². The third-order valence-electron chi connectivity index (χ3n) is 6.13. The zero-order valence-electron chi connectivity index (χ0n) is 20.6. The van der Waals surface area contributed by atoms with Crippen molar-refractivity contribution in [3.8, 4) is 0 Å².